The lowest BCUT2D eigenvalue weighted by molar-refractivity contribution is 0.479. The molecular weight excluding hydrogens is 817 g/mol. The molecule has 0 aliphatic carbocycles. The molecule has 5 nitrogen and oxygen atoms in total. The molecule has 350 valence electrons. The fraction of sp³-hybridized carbons (Fsp3) is 0.403. The van der Waals surface area contributed by atoms with Crippen molar-refractivity contribution in [1.29, 1.82) is 0 Å². The summed E-state index contributed by atoms with van der Waals surface area (Å²) in [6.07, 6.45) is 6.36. The van der Waals surface area contributed by atoms with Crippen molar-refractivity contribution in [3.05, 3.63) is 155 Å². The number of ether oxygens (including phenoxy) is 1. The molecule has 0 atom stereocenters. The lowest BCUT2D eigenvalue weighted by Gasteiger charge is -2.29. The van der Waals surface area contributed by atoms with Crippen LogP contribution < -0.4 is 14.5 Å². The van der Waals surface area contributed by atoms with Crippen LogP contribution in [0.25, 0.3) is 38.8 Å². The number of hydrogen-bond donors (Lipinski definition) is 0. The summed E-state index contributed by atoms with van der Waals surface area (Å²) < 4.78 is 9.31. The zero-order chi connectivity index (χ0) is 48.8. The predicted molar refractivity (Wildman–Crippen MR) is 288 cm³/mol. The largest absolute Gasteiger partial charge is 0.457 e. The number of hydrogen-bond acceptors (Lipinski definition) is 4. The van der Waals surface area contributed by atoms with Gasteiger partial charge in [0.1, 0.15) is 17.3 Å². The van der Waals surface area contributed by atoms with Gasteiger partial charge in [-0.15, -0.1) is 0 Å². The molecule has 0 fully saturated rings. The molecule has 0 bridgehead atoms. The van der Waals surface area contributed by atoms with E-state index in [1.807, 2.05) is 6.20 Å². The highest BCUT2D eigenvalue weighted by Crippen LogP contribution is 2.42. The summed E-state index contributed by atoms with van der Waals surface area (Å²) >= 11 is 0. The summed E-state index contributed by atoms with van der Waals surface area (Å²) in [6.45, 7) is 41.9. The standard InChI is InChI=1S/C62H76N4O/c1-57(2,3)42-23-24-63-56(36-42)66-54-22-19-40(41-27-43(58(4,5)6)30-44(28-41)59(7,8)9)29-53(54)52-21-20-50(38-55(52)66)67-51-35-47(62(16,17)18)34-49(37-51)65-26-25-64(39-65)48-32-45(60(10,11)12)31-46(33-48)61(13,14)15/h19-38H,39H2,1-18H3. The summed E-state index contributed by atoms with van der Waals surface area (Å²) in [6, 6.07) is 38.9. The Morgan fingerprint density at radius 2 is 0.881 bits per heavy atom. The van der Waals surface area contributed by atoms with Crippen LogP contribution in [0.15, 0.2) is 122 Å². The van der Waals surface area contributed by atoms with E-state index in [4.69, 9.17) is 9.72 Å². The highest BCUT2D eigenvalue weighted by Gasteiger charge is 2.27. The number of fused-ring (bicyclic) bond motifs is 3. The molecule has 0 radical (unpaired) electrons. The minimum atomic E-state index is -0.0994. The van der Waals surface area contributed by atoms with Gasteiger partial charge in [-0.05, 0) is 138 Å². The van der Waals surface area contributed by atoms with Crippen molar-refractivity contribution < 1.29 is 4.74 Å². The molecule has 1 aliphatic rings. The minimum Gasteiger partial charge on any atom is -0.457 e. The molecule has 0 spiro atoms. The van der Waals surface area contributed by atoms with Crippen molar-refractivity contribution in [2.24, 2.45) is 0 Å². The van der Waals surface area contributed by atoms with Gasteiger partial charge in [-0.2, -0.15) is 0 Å². The molecule has 5 aromatic carbocycles. The van der Waals surface area contributed by atoms with Crippen LogP contribution in [0.3, 0.4) is 0 Å². The van der Waals surface area contributed by atoms with E-state index in [1.165, 1.54) is 55.6 Å². The SMILES string of the molecule is CC(C)(C)c1cc(Oc2ccc3c4cc(-c5cc(C(C)(C)C)cc(C(C)(C)C)c5)ccc4n(-c4cc(C(C)(C)C)ccn4)c3c2)cc(N2C=CN(c3cc(C(C)(C)C)cc(C(C)(C)C)c3)C2)c1. The molecule has 7 aromatic rings. The zero-order valence-electron chi connectivity index (χ0n) is 44.0. The Hall–Kier alpha value is -5.81. The molecule has 5 heteroatoms. The summed E-state index contributed by atoms with van der Waals surface area (Å²) in [4.78, 5) is 9.72. The second-order valence-electron chi connectivity index (χ2n) is 25.4. The van der Waals surface area contributed by atoms with Crippen molar-refractivity contribution in [3.8, 4) is 28.4 Å². The van der Waals surface area contributed by atoms with Crippen LogP contribution in [-0.4, -0.2) is 16.2 Å². The lowest BCUT2D eigenvalue weighted by Crippen LogP contribution is -2.26. The van der Waals surface area contributed by atoms with Crippen molar-refractivity contribution in [2.75, 3.05) is 16.5 Å². The van der Waals surface area contributed by atoms with Gasteiger partial charge in [-0.3, -0.25) is 4.57 Å². The van der Waals surface area contributed by atoms with Gasteiger partial charge in [-0.1, -0.05) is 155 Å². The van der Waals surface area contributed by atoms with E-state index in [1.54, 1.807) is 0 Å². The summed E-state index contributed by atoms with van der Waals surface area (Å²) in [5, 5.41) is 2.34. The summed E-state index contributed by atoms with van der Waals surface area (Å²) in [7, 11) is 0. The maximum Gasteiger partial charge on any atom is 0.137 e. The smallest absolute Gasteiger partial charge is 0.137 e. The van der Waals surface area contributed by atoms with Gasteiger partial charge in [0, 0.05) is 52.9 Å². The van der Waals surface area contributed by atoms with Crippen LogP contribution >= 0.6 is 0 Å². The Bertz CT molecular complexity index is 2960. The van der Waals surface area contributed by atoms with E-state index in [0.29, 0.717) is 6.67 Å². The molecule has 0 N–H and O–H groups in total. The van der Waals surface area contributed by atoms with Gasteiger partial charge in [-0.25, -0.2) is 4.98 Å². The average Bonchev–Trinajstić information content (AvgIpc) is 3.85. The van der Waals surface area contributed by atoms with Crippen LogP contribution in [0.5, 0.6) is 11.5 Å². The van der Waals surface area contributed by atoms with Crippen molar-refractivity contribution in [1.82, 2.24) is 9.55 Å². The van der Waals surface area contributed by atoms with Crippen LogP contribution in [0.2, 0.25) is 0 Å². The second kappa shape index (κ2) is 16.5. The van der Waals surface area contributed by atoms with Gasteiger partial charge in [0.2, 0.25) is 0 Å². The minimum absolute atomic E-state index is 0.0179. The first-order chi connectivity index (χ1) is 30.9. The van der Waals surface area contributed by atoms with Gasteiger partial charge >= 0.3 is 0 Å². The fourth-order valence-electron chi connectivity index (χ4n) is 8.93. The van der Waals surface area contributed by atoms with Gasteiger partial charge in [0.15, 0.2) is 0 Å². The van der Waals surface area contributed by atoms with Crippen molar-refractivity contribution in [2.45, 2.75) is 157 Å². The lowest BCUT2D eigenvalue weighted by atomic mass is 9.79. The Labute approximate surface area is 402 Å². The van der Waals surface area contributed by atoms with E-state index >= 15 is 0 Å². The van der Waals surface area contributed by atoms with E-state index in [9.17, 15) is 0 Å². The summed E-state index contributed by atoms with van der Waals surface area (Å²) in [5.74, 6) is 2.48. The number of nitrogens with zero attached hydrogens (tertiary/aromatic N) is 4. The number of benzene rings is 5. The molecule has 2 aromatic heterocycles. The highest BCUT2D eigenvalue weighted by molar-refractivity contribution is 6.10. The molecule has 1 aliphatic heterocycles. The van der Waals surface area contributed by atoms with Crippen LogP contribution in [-0.2, 0) is 32.5 Å². The molecule has 8 rings (SSSR count). The van der Waals surface area contributed by atoms with E-state index in [-0.39, 0.29) is 32.5 Å². The maximum absolute atomic E-state index is 6.99. The van der Waals surface area contributed by atoms with Crippen LogP contribution in [0.4, 0.5) is 11.4 Å². The van der Waals surface area contributed by atoms with Crippen molar-refractivity contribution >= 4 is 33.2 Å². The number of anilines is 2. The number of pyridine rings is 1. The van der Waals surface area contributed by atoms with E-state index in [0.717, 1.165) is 39.4 Å². The Kier molecular flexibility index (Phi) is 11.7. The maximum atomic E-state index is 6.99. The van der Waals surface area contributed by atoms with Crippen LogP contribution in [0.1, 0.15) is 158 Å². The molecule has 0 unspecified atom stereocenters. The molecule has 0 amide bonds. The third-order valence-electron chi connectivity index (χ3n) is 13.6. The van der Waals surface area contributed by atoms with E-state index < -0.39 is 0 Å². The number of rotatable bonds is 6. The third kappa shape index (κ3) is 9.94. The fourth-order valence-corrected chi connectivity index (χ4v) is 8.93. The first-order valence-electron chi connectivity index (χ1n) is 24.4. The highest BCUT2D eigenvalue weighted by atomic mass is 16.5. The van der Waals surface area contributed by atoms with Gasteiger partial charge in [0.25, 0.3) is 0 Å². The average molecular weight is 893 g/mol. The zero-order valence-corrected chi connectivity index (χ0v) is 44.0. The molecule has 67 heavy (non-hydrogen) atoms. The van der Waals surface area contributed by atoms with Crippen LogP contribution in [0, 0.1) is 0 Å². The third-order valence-corrected chi connectivity index (χ3v) is 13.6. The first-order valence-corrected chi connectivity index (χ1v) is 24.4. The van der Waals surface area contributed by atoms with E-state index in [2.05, 4.69) is 255 Å². The Balaban J connectivity index is 1.22. The second-order valence-corrected chi connectivity index (χ2v) is 25.4. The van der Waals surface area contributed by atoms with Crippen molar-refractivity contribution in [3.63, 3.8) is 0 Å². The van der Waals surface area contributed by atoms with Gasteiger partial charge in [0.05, 0.1) is 17.7 Å². The monoisotopic (exact) mass is 893 g/mol. The Morgan fingerprint density at radius 3 is 1.40 bits per heavy atom. The molecule has 3 heterocycles. The summed E-state index contributed by atoms with van der Waals surface area (Å²) in [5.41, 5.74) is 14.7. The number of aromatic nitrogens is 2. The quantitative estimate of drug-likeness (QED) is 0.167. The first kappa shape index (κ1) is 47.7. The normalized spacial score (nSPS) is 14.2. The predicted octanol–water partition coefficient (Wildman–Crippen LogP) is 17.2. The molecule has 0 saturated carbocycles. The molecule has 0 saturated heterocycles. The van der Waals surface area contributed by atoms with Gasteiger partial charge < -0.3 is 14.5 Å². The topological polar surface area (TPSA) is 33.5 Å². The molecular formula is C62H76N4O. The Morgan fingerprint density at radius 1 is 0.388 bits per heavy atom.